The second-order valence-electron chi connectivity index (χ2n) is 13.8. The van der Waals surface area contributed by atoms with Crippen LogP contribution in [0, 0.1) is 5.92 Å². The highest BCUT2D eigenvalue weighted by Crippen LogP contribution is 2.36. The number of rotatable bonds is 8. The van der Waals surface area contributed by atoms with E-state index in [2.05, 4.69) is 42.4 Å². The number of pyridine rings is 1. The zero-order valence-electron chi connectivity index (χ0n) is 26.1. The monoisotopic (exact) mass is 601 g/mol. The molecule has 0 aromatic carbocycles. The molecule has 0 N–H and O–H groups in total. The maximum Gasteiger partial charge on any atom is 0.410 e. The fourth-order valence-electron chi connectivity index (χ4n) is 6.48. The van der Waals surface area contributed by atoms with E-state index in [-0.39, 0.29) is 12.1 Å². The molecule has 0 spiro atoms. The maximum atomic E-state index is 13.2. The van der Waals surface area contributed by atoms with Crippen LogP contribution in [0.5, 0.6) is 0 Å². The van der Waals surface area contributed by atoms with E-state index < -0.39 is 11.1 Å². The van der Waals surface area contributed by atoms with E-state index in [4.69, 9.17) is 14.5 Å². The molecule has 12 nitrogen and oxygen atoms in total. The van der Waals surface area contributed by atoms with Crippen molar-refractivity contribution in [3.63, 3.8) is 0 Å². The molecule has 234 valence electrons. The van der Waals surface area contributed by atoms with E-state index in [0.717, 1.165) is 62.6 Å². The smallest absolute Gasteiger partial charge is 0.410 e. The molecule has 0 unspecified atom stereocenters. The Labute approximate surface area is 258 Å². The van der Waals surface area contributed by atoms with Crippen LogP contribution in [0.3, 0.4) is 0 Å². The molecule has 7 rings (SSSR count). The highest BCUT2D eigenvalue weighted by atomic mass is 16.6. The molecule has 1 saturated carbocycles. The minimum Gasteiger partial charge on any atom is -0.444 e. The van der Waals surface area contributed by atoms with Gasteiger partial charge < -0.3 is 24.2 Å². The molecule has 1 aliphatic carbocycles. The molecule has 3 aliphatic heterocycles. The van der Waals surface area contributed by atoms with E-state index in [1.807, 2.05) is 55.0 Å². The van der Waals surface area contributed by atoms with Gasteiger partial charge in [-0.1, -0.05) is 5.21 Å². The van der Waals surface area contributed by atoms with Crippen molar-refractivity contribution in [3.05, 3.63) is 42.5 Å². The summed E-state index contributed by atoms with van der Waals surface area (Å²) in [5.41, 5.74) is 3.37. The van der Waals surface area contributed by atoms with Crippen LogP contribution in [-0.2, 0) is 15.0 Å². The molecule has 4 aliphatic rings. The van der Waals surface area contributed by atoms with Crippen LogP contribution in [0.4, 0.5) is 16.2 Å². The molecule has 6 heterocycles. The number of nitrogens with zero attached hydrogens (tertiary/aromatic N) is 9. The Morgan fingerprint density at radius 2 is 1.80 bits per heavy atom. The second kappa shape index (κ2) is 11.6. The number of amides is 1. The molecule has 1 amide bonds. The van der Waals surface area contributed by atoms with E-state index in [1.54, 1.807) is 0 Å². The van der Waals surface area contributed by atoms with Gasteiger partial charge in [-0.15, -0.1) is 10.2 Å². The largest absolute Gasteiger partial charge is 0.444 e. The second-order valence-corrected chi connectivity index (χ2v) is 13.8. The highest BCUT2D eigenvalue weighted by Gasteiger charge is 2.45. The summed E-state index contributed by atoms with van der Waals surface area (Å²) in [6, 6.07) is 6.37. The Bertz CT molecular complexity index is 1460. The van der Waals surface area contributed by atoms with Gasteiger partial charge in [-0.05, 0) is 83.4 Å². The van der Waals surface area contributed by atoms with Crippen LogP contribution in [0.1, 0.15) is 65.0 Å². The fourth-order valence-corrected chi connectivity index (χ4v) is 6.48. The third-order valence-corrected chi connectivity index (χ3v) is 9.19. The lowest BCUT2D eigenvalue weighted by molar-refractivity contribution is -0.0851. The van der Waals surface area contributed by atoms with Crippen molar-refractivity contribution in [2.75, 3.05) is 55.7 Å². The lowest BCUT2D eigenvalue weighted by Crippen LogP contribution is -2.53. The topological polar surface area (TPSA) is 115 Å². The lowest BCUT2D eigenvalue weighted by Gasteiger charge is -2.42. The first-order chi connectivity index (χ1) is 21.3. The van der Waals surface area contributed by atoms with Crippen molar-refractivity contribution in [3.8, 4) is 11.4 Å². The summed E-state index contributed by atoms with van der Waals surface area (Å²) in [4.78, 5) is 24.8. The quantitative estimate of drug-likeness (QED) is 0.374. The van der Waals surface area contributed by atoms with E-state index in [0.29, 0.717) is 30.5 Å². The lowest BCUT2D eigenvalue weighted by atomic mass is 9.92. The minimum absolute atomic E-state index is 0.117. The van der Waals surface area contributed by atoms with Gasteiger partial charge in [0.2, 0.25) is 0 Å². The van der Waals surface area contributed by atoms with Crippen molar-refractivity contribution < 1.29 is 14.3 Å². The Kier molecular flexibility index (Phi) is 7.63. The van der Waals surface area contributed by atoms with Crippen molar-refractivity contribution in [2.45, 2.75) is 76.5 Å². The van der Waals surface area contributed by atoms with Gasteiger partial charge in [0.15, 0.2) is 5.54 Å². The van der Waals surface area contributed by atoms with Crippen molar-refractivity contribution in [2.24, 2.45) is 5.92 Å². The van der Waals surface area contributed by atoms with Gasteiger partial charge in [-0.25, -0.2) is 9.48 Å². The Hall–Kier alpha value is -3.80. The Morgan fingerprint density at radius 3 is 2.48 bits per heavy atom. The fraction of sp³-hybridized carbons (Fsp3) is 0.625. The van der Waals surface area contributed by atoms with Gasteiger partial charge >= 0.3 is 6.09 Å². The van der Waals surface area contributed by atoms with Crippen LogP contribution in [0.15, 0.2) is 36.8 Å². The molecule has 4 fully saturated rings. The number of hydrogen-bond acceptors (Lipinski definition) is 10. The first kappa shape index (κ1) is 28.9. The molecular formula is C32H43N9O3. The average molecular weight is 602 g/mol. The van der Waals surface area contributed by atoms with Crippen LogP contribution in [0.2, 0.25) is 0 Å². The van der Waals surface area contributed by atoms with Gasteiger partial charge in [-0.2, -0.15) is 5.10 Å². The van der Waals surface area contributed by atoms with Gasteiger partial charge in [0, 0.05) is 32.7 Å². The zero-order chi connectivity index (χ0) is 30.3. The van der Waals surface area contributed by atoms with Crippen molar-refractivity contribution in [1.82, 2.24) is 35.1 Å². The zero-order valence-corrected chi connectivity index (χ0v) is 26.1. The van der Waals surface area contributed by atoms with Gasteiger partial charge in [0.1, 0.15) is 17.0 Å². The van der Waals surface area contributed by atoms with E-state index in [9.17, 15) is 4.79 Å². The number of carbonyl (C=O) groups excluding carboxylic acids is 1. The number of carbonyl (C=O) groups is 1. The minimum atomic E-state index is -0.522. The molecular weight excluding hydrogens is 558 g/mol. The molecule has 12 heteroatoms. The van der Waals surface area contributed by atoms with Crippen molar-refractivity contribution >= 4 is 17.5 Å². The molecule has 3 aromatic rings. The molecule has 3 aromatic heterocycles. The van der Waals surface area contributed by atoms with Gasteiger partial charge in [0.25, 0.3) is 0 Å². The van der Waals surface area contributed by atoms with E-state index in [1.165, 1.54) is 25.7 Å². The number of piperidine rings is 1. The summed E-state index contributed by atoms with van der Waals surface area (Å²) in [7, 11) is 0. The highest BCUT2D eigenvalue weighted by molar-refractivity contribution is 5.69. The number of anilines is 2. The number of hydrogen-bond donors (Lipinski definition) is 0. The molecule has 0 radical (unpaired) electrons. The standard InChI is InChI=1S/C32H43N9O3/c1-31(2,3)44-30(42)40(18-23-8-9-23)25-7-6-14-39(19-25)24-10-11-29(33-16-24)32(21-43-22-32)41-20-28(36-37-41)27-15-26(17-34-35-27)38-12-4-5-13-38/h10-11,15-17,20,23,25H,4-9,12-14,18-19,21-22H2,1-3H3/t25-/m1/s1. The SMILES string of the molecule is CC(C)(C)OC(=O)N(CC1CC1)[C@@H]1CCCN(c2ccc(C3(n4cc(-c5cc(N6CCCC6)cnn5)nn4)COC3)nc2)C1. The third kappa shape index (κ3) is 5.96. The number of aromatic nitrogens is 6. The summed E-state index contributed by atoms with van der Waals surface area (Å²) in [6.07, 6.45) is 12.3. The first-order valence-corrected chi connectivity index (χ1v) is 16.1. The van der Waals surface area contributed by atoms with Gasteiger partial charge in [-0.3, -0.25) is 4.98 Å². The molecule has 1 atom stereocenters. The predicted octanol–water partition coefficient (Wildman–Crippen LogP) is 4.12. The predicted molar refractivity (Wildman–Crippen MR) is 166 cm³/mol. The van der Waals surface area contributed by atoms with Gasteiger partial charge in [0.05, 0.1) is 54.9 Å². The Balaban J connectivity index is 1.06. The molecule has 0 bridgehead atoms. The summed E-state index contributed by atoms with van der Waals surface area (Å²) >= 11 is 0. The van der Waals surface area contributed by atoms with Crippen LogP contribution in [-0.4, -0.2) is 98.7 Å². The molecule has 3 saturated heterocycles. The normalized spacial score (nSPS) is 21.7. The maximum absolute atomic E-state index is 13.2. The van der Waals surface area contributed by atoms with Crippen LogP contribution >= 0.6 is 0 Å². The molecule has 44 heavy (non-hydrogen) atoms. The van der Waals surface area contributed by atoms with Crippen molar-refractivity contribution in [1.29, 1.82) is 0 Å². The van der Waals surface area contributed by atoms with Crippen LogP contribution < -0.4 is 9.80 Å². The van der Waals surface area contributed by atoms with Crippen LogP contribution in [0.25, 0.3) is 11.4 Å². The summed E-state index contributed by atoms with van der Waals surface area (Å²) < 4.78 is 13.4. The third-order valence-electron chi connectivity index (χ3n) is 9.19. The summed E-state index contributed by atoms with van der Waals surface area (Å²) in [6.45, 7) is 11.3. The summed E-state index contributed by atoms with van der Waals surface area (Å²) in [5.74, 6) is 0.595. The first-order valence-electron chi connectivity index (χ1n) is 16.1. The van der Waals surface area contributed by atoms with E-state index >= 15 is 0 Å². The Morgan fingerprint density at radius 1 is 1.00 bits per heavy atom. The average Bonchev–Trinajstić information content (AvgIpc) is 3.41. The summed E-state index contributed by atoms with van der Waals surface area (Å²) in [5, 5.41) is 17.6. The number of ether oxygens (including phenoxy) is 2.